The predicted octanol–water partition coefficient (Wildman–Crippen LogP) is 1.25. The standard InChI is InChI=1S/C13H20N2O4/c1-9-11(13(16)19-4)5-6-12(15-9)14-7-10(18-3)8-17-2/h5-6,10H,7-8H2,1-4H3,(H,14,15). The maximum Gasteiger partial charge on any atom is 0.339 e. The smallest absolute Gasteiger partial charge is 0.339 e. The summed E-state index contributed by atoms with van der Waals surface area (Å²) < 4.78 is 14.9. The van der Waals surface area contributed by atoms with E-state index in [0.717, 1.165) is 0 Å². The number of nitrogens with zero attached hydrogens (tertiary/aromatic N) is 1. The lowest BCUT2D eigenvalue weighted by atomic mass is 10.2. The molecule has 1 rings (SSSR count). The Hall–Kier alpha value is -1.66. The van der Waals surface area contributed by atoms with Crippen molar-refractivity contribution >= 4 is 11.8 Å². The Labute approximate surface area is 113 Å². The van der Waals surface area contributed by atoms with E-state index < -0.39 is 0 Å². The molecule has 1 unspecified atom stereocenters. The number of hydrogen-bond donors (Lipinski definition) is 1. The van der Waals surface area contributed by atoms with Gasteiger partial charge in [-0.1, -0.05) is 0 Å². The molecule has 1 aromatic rings. The van der Waals surface area contributed by atoms with Gasteiger partial charge < -0.3 is 19.5 Å². The third kappa shape index (κ3) is 4.50. The Balaban J connectivity index is 2.65. The van der Waals surface area contributed by atoms with Crippen LogP contribution in [0.15, 0.2) is 12.1 Å². The topological polar surface area (TPSA) is 69.7 Å². The number of nitrogens with one attached hydrogen (secondary N) is 1. The second-order valence-electron chi connectivity index (χ2n) is 4.01. The molecule has 0 fully saturated rings. The van der Waals surface area contributed by atoms with E-state index in [2.05, 4.69) is 15.0 Å². The highest BCUT2D eigenvalue weighted by atomic mass is 16.5. The summed E-state index contributed by atoms with van der Waals surface area (Å²) in [5.74, 6) is 0.300. The Morgan fingerprint density at radius 3 is 2.63 bits per heavy atom. The van der Waals surface area contributed by atoms with Gasteiger partial charge in [-0.3, -0.25) is 0 Å². The van der Waals surface area contributed by atoms with Crippen molar-refractivity contribution < 1.29 is 19.0 Å². The molecule has 1 N–H and O–H groups in total. The number of methoxy groups -OCH3 is 3. The first-order chi connectivity index (χ1) is 9.12. The molecule has 0 aliphatic carbocycles. The highest BCUT2D eigenvalue weighted by Crippen LogP contribution is 2.11. The summed E-state index contributed by atoms with van der Waals surface area (Å²) in [6, 6.07) is 3.42. The van der Waals surface area contributed by atoms with Crippen molar-refractivity contribution in [3.05, 3.63) is 23.4 Å². The van der Waals surface area contributed by atoms with Gasteiger partial charge in [-0.25, -0.2) is 9.78 Å². The molecule has 19 heavy (non-hydrogen) atoms. The molecule has 1 aromatic heterocycles. The van der Waals surface area contributed by atoms with Gasteiger partial charge in [-0.2, -0.15) is 0 Å². The van der Waals surface area contributed by atoms with E-state index in [1.165, 1.54) is 7.11 Å². The fourth-order valence-corrected chi connectivity index (χ4v) is 1.60. The summed E-state index contributed by atoms with van der Waals surface area (Å²) in [5, 5.41) is 3.14. The van der Waals surface area contributed by atoms with Gasteiger partial charge in [0.2, 0.25) is 0 Å². The van der Waals surface area contributed by atoms with Gasteiger partial charge in [-0.15, -0.1) is 0 Å². The molecular weight excluding hydrogens is 248 g/mol. The summed E-state index contributed by atoms with van der Waals surface area (Å²) in [6.45, 7) is 2.84. The Bertz CT molecular complexity index is 423. The van der Waals surface area contributed by atoms with Gasteiger partial charge in [-0.05, 0) is 19.1 Å². The number of esters is 1. The first-order valence-corrected chi connectivity index (χ1v) is 5.94. The zero-order valence-corrected chi connectivity index (χ0v) is 11.7. The van der Waals surface area contributed by atoms with E-state index in [1.54, 1.807) is 33.3 Å². The zero-order chi connectivity index (χ0) is 14.3. The molecule has 0 bridgehead atoms. The highest BCUT2D eigenvalue weighted by Gasteiger charge is 2.11. The molecule has 106 valence electrons. The first kappa shape index (κ1) is 15.4. The normalized spacial score (nSPS) is 12.0. The minimum Gasteiger partial charge on any atom is -0.465 e. The van der Waals surface area contributed by atoms with E-state index in [9.17, 15) is 4.79 Å². The van der Waals surface area contributed by atoms with E-state index in [-0.39, 0.29) is 12.1 Å². The van der Waals surface area contributed by atoms with Gasteiger partial charge in [0.05, 0.1) is 31.1 Å². The highest BCUT2D eigenvalue weighted by molar-refractivity contribution is 5.90. The SMILES string of the molecule is COCC(CNc1ccc(C(=O)OC)c(C)n1)OC. The van der Waals surface area contributed by atoms with Gasteiger partial charge in [0, 0.05) is 20.8 Å². The second kappa shape index (κ2) is 7.70. The maximum absolute atomic E-state index is 11.4. The lowest BCUT2D eigenvalue weighted by Gasteiger charge is -2.15. The first-order valence-electron chi connectivity index (χ1n) is 5.94. The molecule has 1 atom stereocenters. The molecule has 0 aliphatic heterocycles. The van der Waals surface area contributed by atoms with Crippen molar-refractivity contribution in [2.75, 3.05) is 39.8 Å². The number of hydrogen-bond acceptors (Lipinski definition) is 6. The number of ether oxygens (including phenoxy) is 3. The molecule has 0 spiro atoms. The summed E-state index contributed by atoms with van der Waals surface area (Å²) in [5.41, 5.74) is 1.09. The Morgan fingerprint density at radius 2 is 2.11 bits per heavy atom. The minimum absolute atomic E-state index is 0.0487. The quantitative estimate of drug-likeness (QED) is 0.751. The van der Waals surface area contributed by atoms with E-state index >= 15 is 0 Å². The van der Waals surface area contributed by atoms with Crippen molar-refractivity contribution in [1.82, 2.24) is 4.98 Å². The molecule has 0 aliphatic rings. The average Bonchev–Trinajstić information content (AvgIpc) is 2.42. The molecular formula is C13H20N2O4. The van der Waals surface area contributed by atoms with Crippen LogP contribution in [0.25, 0.3) is 0 Å². The lowest BCUT2D eigenvalue weighted by Crippen LogP contribution is -2.27. The van der Waals surface area contributed by atoms with Crippen molar-refractivity contribution in [3.8, 4) is 0 Å². The fraction of sp³-hybridized carbons (Fsp3) is 0.538. The molecule has 0 amide bonds. The number of carbonyl (C=O) groups is 1. The maximum atomic E-state index is 11.4. The van der Waals surface area contributed by atoms with Crippen LogP contribution in [0, 0.1) is 6.92 Å². The van der Waals surface area contributed by atoms with E-state index in [1.807, 2.05) is 0 Å². The van der Waals surface area contributed by atoms with E-state index in [0.29, 0.717) is 30.2 Å². The lowest BCUT2D eigenvalue weighted by molar-refractivity contribution is 0.0365. The van der Waals surface area contributed by atoms with Crippen molar-refractivity contribution in [3.63, 3.8) is 0 Å². The van der Waals surface area contributed by atoms with Crippen LogP contribution < -0.4 is 5.32 Å². The monoisotopic (exact) mass is 268 g/mol. The molecule has 0 aromatic carbocycles. The van der Waals surface area contributed by atoms with Crippen LogP contribution in [0.1, 0.15) is 16.1 Å². The molecule has 6 nitrogen and oxygen atoms in total. The number of pyridine rings is 1. The van der Waals surface area contributed by atoms with Gasteiger partial charge in [0.15, 0.2) is 0 Å². The third-order valence-corrected chi connectivity index (χ3v) is 2.69. The number of aryl methyl sites for hydroxylation is 1. The molecule has 6 heteroatoms. The van der Waals surface area contributed by atoms with Crippen LogP contribution in [-0.4, -0.2) is 51.5 Å². The second-order valence-corrected chi connectivity index (χ2v) is 4.01. The Kier molecular flexibility index (Phi) is 6.24. The summed E-state index contributed by atoms with van der Waals surface area (Å²) in [7, 11) is 4.60. The summed E-state index contributed by atoms with van der Waals surface area (Å²) in [6.07, 6.45) is -0.0487. The number of rotatable bonds is 7. The third-order valence-electron chi connectivity index (χ3n) is 2.69. The van der Waals surface area contributed by atoms with Crippen molar-refractivity contribution in [1.29, 1.82) is 0 Å². The number of carbonyl (C=O) groups excluding carboxylic acids is 1. The van der Waals surface area contributed by atoms with Gasteiger partial charge >= 0.3 is 5.97 Å². The van der Waals surface area contributed by atoms with Crippen LogP contribution in [0.2, 0.25) is 0 Å². The van der Waals surface area contributed by atoms with Crippen molar-refractivity contribution in [2.45, 2.75) is 13.0 Å². The van der Waals surface area contributed by atoms with Crippen LogP contribution in [0.5, 0.6) is 0 Å². The van der Waals surface area contributed by atoms with Crippen LogP contribution >= 0.6 is 0 Å². The molecule has 0 saturated carbocycles. The Morgan fingerprint density at radius 1 is 1.37 bits per heavy atom. The van der Waals surface area contributed by atoms with E-state index in [4.69, 9.17) is 9.47 Å². The molecule has 1 heterocycles. The van der Waals surface area contributed by atoms with Crippen molar-refractivity contribution in [2.24, 2.45) is 0 Å². The van der Waals surface area contributed by atoms with Crippen LogP contribution in [0.3, 0.4) is 0 Å². The zero-order valence-electron chi connectivity index (χ0n) is 11.7. The van der Waals surface area contributed by atoms with Crippen LogP contribution in [0.4, 0.5) is 5.82 Å². The van der Waals surface area contributed by atoms with Gasteiger partial charge in [0.25, 0.3) is 0 Å². The van der Waals surface area contributed by atoms with Gasteiger partial charge in [0.1, 0.15) is 5.82 Å². The minimum atomic E-state index is -0.384. The largest absolute Gasteiger partial charge is 0.465 e. The fourth-order valence-electron chi connectivity index (χ4n) is 1.60. The summed E-state index contributed by atoms with van der Waals surface area (Å²) in [4.78, 5) is 15.7. The molecule has 0 saturated heterocycles. The van der Waals surface area contributed by atoms with Crippen LogP contribution in [-0.2, 0) is 14.2 Å². The number of aromatic nitrogens is 1. The summed E-state index contributed by atoms with van der Waals surface area (Å²) >= 11 is 0. The molecule has 0 radical (unpaired) electrons. The predicted molar refractivity (Wildman–Crippen MR) is 71.5 cm³/mol. The number of anilines is 1. The average molecular weight is 268 g/mol.